The van der Waals surface area contributed by atoms with Crippen LogP contribution in [0, 0.1) is 0 Å². The summed E-state index contributed by atoms with van der Waals surface area (Å²) in [5, 5.41) is 7.68. The van der Waals surface area contributed by atoms with Crippen LogP contribution in [0.3, 0.4) is 0 Å². The van der Waals surface area contributed by atoms with E-state index in [4.69, 9.17) is 32.7 Å². The Morgan fingerprint density at radius 2 is 1.86 bits per heavy atom. The van der Waals surface area contributed by atoms with Gasteiger partial charge in [-0.05, 0) is 42.5 Å². The Balaban J connectivity index is 1.89. The van der Waals surface area contributed by atoms with E-state index in [1.807, 2.05) is 0 Å². The first-order valence-electron chi connectivity index (χ1n) is 8.46. The van der Waals surface area contributed by atoms with Crippen molar-refractivity contribution in [3.63, 3.8) is 0 Å². The Kier molecular flexibility index (Phi) is 6.41. The average molecular weight is 434 g/mol. The van der Waals surface area contributed by atoms with Gasteiger partial charge in [-0.1, -0.05) is 23.2 Å². The molecule has 150 valence electrons. The van der Waals surface area contributed by atoms with Gasteiger partial charge in [0.25, 0.3) is 5.56 Å². The summed E-state index contributed by atoms with van der Waals surface area (Å²) >= 11 is 12.0. The minimum absolute atomic E-state index is 0.304. The zero-order valence-corrected chi connectivity index (χ0v) is 17.1. The molecular formula is C20H17Cl2N3O4. The molecule has 0 spiro atoms. The number of nitrogens with zero attached hydrogens (tertiary/aromatic N) is 2. The molecule has 3 rings (SSSR count). The Hall–Kier alpha value is -3.03. The number of ether oxygens (including phenoxy) is 2. The number of amides is 1. The Morgan fingerprint density at radius 3 is 2.59 bits per heavy atom. The van der Waals surface area contributed by atoms with Crippen LogP contribution in [0.2, 0.25) is 10.0 Å². The van der Waals surface area contributed by atoms with E-state index in [-0.39, 0.29) is 6.54 Å². The highest BCUT2D eigenvalue weighted by Crippen LogP contribution is 2.31. The number of hydrogen-bond acceptors (Lipinski definition) is 5. The molecule has 2 aromatic carbocycles. The van der Waals surface area contributed by atoms with Crippen LogP contribution < -0.4 is 20.3 Å². The van der Waals surface area contributed by atoms with E-state index in [9.17, 15) is 9.59 Å². The third kappa shape index (κ3) is 4.88. The van der Waals surface area contributed by atoms with Crippen LogP contribution in [0.5, 0.6) is 11.5 Å². The van der Waals surface area contributed by atoms with Crippen LogP contribution >= 0.6 is 23.2 Å². The monoisotopic (exact) mass is 433 g/mol. The molecule has 1 heterocycles. The fourth-order valence-electron chi connectivity index (χ4n) is 2.64. The van der Waals surface area contributed by atoms with Gasteiger partial charge in [0.1, 0.15) is 18.0 Å². The predicted octanol–water partition coefficient (Wildman–Crippen LogP) is 3.87. The van der Waals surface area contributed by atoms with Crippen LogP contribution in [0.15, 0.2) is 53.3 Å². The van der Waals surface area contributed by atoms with Crippen molar-refractivity contribution in [3.05, 3.63) is 68.9 Å². The third-order valence-corrected chi connectivity index (χ3v) is 4.61. The van der Waals surface area contributed by atoms with Gasteiger partial charge < -0.3 is 14.8 Å². The zero-order chi connectivity index (χ0) is 21.0. The molecule has 0 aliphatic carbocycles. The van der Waals surface area contributed by atoms with Crippen LogP contribution in [0.1, 0.15) is 0 Å². The first kappa shape index (κ1) is 20.7. The Bertz CT molecular complexity index is 1120. The van der Waals surface area contributed by atoms with Crippen molar-refractivity contribution in [2.75, 3.05) is 19.5 Å². The lowest BCUT2D eigenvalue weighted by Gasteiger charge is -2.12. The maximum atomic E-state index is 12.4. The molecule has 7 nitrogen and oxygen atoms in total. The molecule has 0 atom stereocenters. The second kappa shape index (κ2) is 8.98. The van der Waals surface area contributed by atoms with E-state index in [1.54, 1.807) is 43.5 Å². The number of anilines is 1. The molecule has 0 unspecified atom stereocenters. The van der Waals surface area contributed by atoms with Gasteiger partial charge in [-0.25, -0.2) is 4.68 Å². The molecule has 0 aliphatic rings. The molecule has 29 heavy (non-hydrogen) atoms. The fraction of sp³-hybridized carbons (Fsp3) is 0.150. The van der Waals surface area contributed by atoms with E-state index in [0.717, 1.165) is 4.68 Å². The summed E-state index contributed by atoms with van der Waals surface area (Å²) in [6, 6.07) is 12.8. The smallest absolute Gasteiger partial charge is 0.267 e. The third-order valence-electron chi connectivity index (χ3n) is 4.05. The quantitative estimate of drug-likeness (QED) is 0.637. The Morgan fingerprint density at radius 1 is 1.07 bits per heavy atom. The van der Waals surface area contributed by atoms with Crippen molar-refractivity contribution < 1.29 is 14.3 Å². The molecule has 0 saturated heterocycles. The van der Waals surface area contributed by atoms with Crippen LogP contribution in [0.4, 0.5) is 5.69 Å². The molecule has 0 fully saturated rings. The van der Waals surface area contributed by atoms with Gasteiger partial charge >= 0.3 is 0 Å². The minimum Gasteiger partial charge on any atom is -0.497 e. The van der Waals surface area contributed by atoms with Crippen LogP contribution in [-0.2, 0) is 11.3 Å². The molecule has 0 radical (unpaired) electrons. The molecule has 9 heteroatoms. The summed E-state index contributed by atoms with van der Waals surface area (Å²) in [6.07, 6.45) is 0. The first-order valence-corrected chi connectivity index (χ1v) is 9.22. The van der Waals surface area contributed by atoms with Gasteiger partial charge in [-0.2, -0.15) is 5.10 Å². The maximum absolute atomic E-state index is 12.4. The molecule has 0 saturated carbocycles. The fourth-order valence-corrected chi connectivity index (χ4v) is 2.98. The number of rotatable bonds is 6. The van der Waals surface area contributed by atoms with Crippen molar-refractivity contribution in [1.82, 2.24) is 9.78 Å². The first-order chi connectivity index (χ1) is 13.9. The predicted molar refractivity (Wildman–Crippen MR) is 112 cm³/mol. The number of carbonyl (C=O) groups is 1. The molecule has 3 aromatic rings. The highest BCUT2D eigenvalue weighted by Gasteiger charge is 2.13. The number of halogens is 2. The second-order valence-electron chi connectivity index (χ2n) is 5.95. The summed E-state index contributed by atoms with van der Waals surface area (Å²) < 4.78 is 11.7. The molecule has 0 bridgehead atoms. The number of carbonyl (C=O) groups excluding carboxylic acids is 1. The highest BCUT2D eigenvalue weighted by atomic mass is 35.5. The molecular weight excluding hydrogens is 417 g/mol. The summed E-state index contributed by atoms with van der Waals surface area (Å²) in [7, 11) is 3.08. The van der Waals surface area contributed by atoms with Gasteiger partial charge in [0.2, 0.25) is 5.91 Å². The largest absolute Gasteiger partial charge is 0.497 e. The van der Waals surface area contributed by atoms with E-state index < -0.39 is 11.5 Å². The number of methoxy groups -OCH3 is 2. The zero-order valence-electron chi connectivity index (χ0n) is 15.6. The van der Waals surface area contributed by atoms with Gasteiger partial charge in [0, 0.05) is 16.7 Å². The molecule has 1 aromatic heterocycles. The van der Waals surface area contributed by atoms with Gasteiger partial charge in [-0.15, -0.1) is 0 Å². The second-order valence-corrected chi connectivity index (χ2v) is 6.80. The number of hydrogen-bond donors (Lipinski definition) is 1. The summed E-state index contributed by atoms with van der Waals surface area (Å²) in [4.78, 5) is 24.6. The summed E-state index contributed by atoms with van der Waals surface area (Å²) in [5.74, 6) is 0.686. The van der Waals surface area contributed by atoms with Crippen molar-refractivity contribution >= 4 is 34.8 Å². The minimum atomic E-state index is -0.474. The normalized spacial score (nSPS) is 10.5. The van der Waals surface area contributed by atoms with E-state index >= 15 is 0 Å². The van der Waals surface area contributed by atoms with Gasteiger partial charge in [0.15, 0.2) is 0 Å². The van der Waals surface area contributed by atoms with E-state index in [1.165, 1.54) is 19.2 Å². The van der Waals surface area contributed by atoms with E-state index in [2.05, 4.69) is 10.4 Å². The average Bonchev–Trinajstić information content (AvgIpc) is 2.71. The molecule has 1 amide bonds. The lowest BCUT2D eigenvalue weighted by molar-refractivity contribution is -0.117. The number of nitrogens with one attached hydrogen (secondary N) is 1. The summed E-state index contributed by atoms with van der Waals surface area (Å²) in [5.41, 5.74) is 0.999. The molecule has 1 N–H and O–H groups in total. The Labute approximate surface area is 176 Å². The molecule has 0 aliphatic heterocycles. The van der Waals surface area contributed by atoms with Crippen molar-refractivity contribution in [2.24, 2.45) is 0 Å². The lowest BCUT2D eigenvalue weighted by Crippen LogP contribution is -2.29. The van der Waals surface area contributed by atoms with Gasteiger partial charge in [0.05, 0.1) is 30.6 Å². The van der Waals surface area contributed by atoms with E-state index in [0.29, 0.717) is 38.5 Å². The highest BCUT2D eigenvalue weighted by molar-refractivity contribution is 6.35. The lowest BCUT2D eigenvalue weighted by atomic mass is 10.1. The maximum Gasteiger partial charge on any atom is 0.267 e. The van der Waals surface area contributed by atoms with Crippen molar-refractivity contribution in [1.29, 1.82) is 0 Å². The van der Waals surface area contributed by atoms with Crippen LogP contribution in [0.25, 0.3) is 11.3 Å². The van der Waals surface area contributed by atoms with Crippen LogP contribution in [-0.4, -0.2) is 29.9 Å². The summed E-state index contributed by atoms with van der Waals surface area (Å²) in [6.45, 7) is -0.304. The number of aromatic nitrogens is 2. The number of benzene rings is 2. The van der Waals surface area contributed by atoms with Crippen molar-refractivity contribution in [2.45, 2.75) is 6.54 Å². The topological polar surface area (TPSA) is 82.5 Å². The standard InChI is InChI=1S/C20H17Cl2N3O4/c1-28-13-4-7-18(29-2)14(10-13)16-6-8-20(27)25(24-16)11-19(26)23-17-9-12(21)3-5-15(17)22/h3-10H,11H2,1-2H3,(H,23,26). The SMILES string of the molecule is COc1ccc(OC)c(-c2ccc(=O)n(CC(=O)Nc3cc(Cl)ccc3Cl)n2)c1. The van der Waals surface area contributed by atoms with Gasteiger partial charge in [-0.3, -0.25) is 9.59 Å². The van der Waals surface area contributed by atoms with Crippen molar-refractivity contribution in [3.8, 4) is 22.8 Å².